The minimum Gasteiger partial charge on any atom is -0.491 e. The average molecular weight is 448 g/mol. The fourth-order valence-electron chi connectivity index (χ4n) is 4.39. The van der Waals surface area contributed by atoms with Crippen molar-refractivity contribution in [3.63, 3.8) is 0 Å². The van der Waals surface area contributed by atoms with Crippen molar-refractivity contribution in [1.82, 2.24) is 4.98 Å². The maximum absolute atomic E-state index is 13.9. The van der Waals surface area contributed by atoms with E-state index in [0.717, 1.165) is 11.1 Å². The molecule has 2 aromatic rings. The number of benzene rings is 1. The zero-order chi connectivity index (χ0) is 23.8. The molecule has 1 aromatic heterocycles. The number of esters is 1. The number of aromatic nitrogens is 1. The third-order valence-corrected chi connectivity index (χ3v) is 6.27. The number of ether oxygens (including phenoxy) is 2. The number of carbonyl (C=O) groups excluding carboxylic acids is 1. The molecule has 1 aliphatic rings. The number of H-pyrrole nitrogens is 1. The number of aromatic amines is 1. The number of hydrogen-bond acceptors (Lipinski definition) is 4. The number of rotatable bonds is 4. The van der Waals surface area contributed by atoms with Crippen LogP contribution in [0.25, 0.3) is 11.3 Å². The fourth-order valence-corrected chi connectivity index (χ4v) is 4.39. The Balaban J connectivity index is 2.28. The summed E-state index contributed by atoms with van der Waals surface area (Å²) in [5.74, 6) is -3.50. The molecule has 5 nitrogen and oxygen atoms in total. The van der Waals surface area contributed by atoms with Crippen LogP contribution in [0.2, 0.25) is 0 Å². The number of hydrogen-bond donors (Lipinski definition) is 1. The monoisotopic (exact) mass is 447 g/mol. The molecule has 32 heavy (non-hydrogen) atoms. The van der Waals surface area contributed by atoms with E-state index in [-0.39, 0.29) is 35.5 Å². The highest BCUT2D eigenvalue weighted by Crippen LogP contribution is 2.44. The number of methoxy groups -OCH3 is 2. The summed E-state index contributed by atoms with van der Waals surface area (Å²) in [5.41, 5.74) is 2.50. The van der Waals surface area contributed by atoms with Gasteiger partial charge in [-0.1, -0.05) is 39.0 Å². The average Bonchev–Trinajstić information content (AvgIpc) is 2.72. The van der Waals surface area contributed by atoms with Gasteiger partial charge in [-0.15, -0.1) is 0 Å². The zero-order valence-electron chi connectivity index (χ0n) is 19.5. The predicted octanol–water partition coefficient (Wildman–Crippen LogP) is 5.74. The van der Waals surface area contributed by atoms with Crippen LogP contribution in [0.1, 0.15) is 79.6 Å². The molecule has 0 unspecified atom stereocenters. The van der Waals surface area contributed by atoms with Crippen molar-refractivity contribution in [3.05, 3.63) is 50.8 Å². The van der Waals surface area contributed by atoms with Gasteiger partial charge in [0.05, 0.1) is 25.6 Å². The Kier molecular flexibility index (Phi) is 6.50. The van der Waals surface area contributed by atoms with Crippen LogP contribution in [0.3, 0.4) is 0 Å². The van der Waals surface area contributed by atoms with Crippen molar-refractivity contribution < 1.29 is 23.0 Å². The van der Waals surface area contributed by atoms with Crippen molar-refractivity contribution in [1.29, 1.82) is 0 Å². The van der Waals surface area contributed by atoms with E-state index in [1.165, 1.54) is 14.2 Å². The first-order chi connectivity index (χ1) is 14.9. The highest BCUT2D eigenvalue weighted by Gasteiger charge is 2.37. The number of halogens is 2. The van der Waals surface area contributed by atoms with Gasteiger partial charge in [0.15, 0.2) is 5.75 Å². The van der Waals surface area contributed by atoms with Gasteiger partial charge >= 0.3 is 5.97 Å². The highest BCUT2D eigenvalue weighted by molar-refractivity contribution is 5.97. The van der Waals surface area contributed by atoms with E-state index in [2.05, 4.69) is 25.8 Å². The molecule has 1 heterocycles. The Morgan fingerprint density at radius 3 is 2.31 bits per heavy atom. The lowest BCUT2D eigenvalue weighted by Crippen LogP contribution is -2.25. The second-order valence-corrected chi connectivity index (χ2v) is 9.54. The summed E-state index contributed by atoms with van der Waals surface area (Å²) in [5, 5.41) is 0. The third-order valence-electron chi connectivity index (χ3n) is 6.27. The van der Waals surface area contributed by atoms with Gasteiger partial charge in [0.1, 0.15) is 5.56 Å². The second-order valence-electron chi connectivity index (χ2n) is 9.54. The van der Waals surface area contributed by atoms with Gasteiger partial charge in [0, 0.05) is 18.4 Å². The molecule has 0 atom stereocenters. The number of aryl methyl sites for hydroxylation is 1. The summed E-state index contributed by atoms with van der Waals surface area (Å²) in [6.07, 6.45) is 0.304. The van der Waals surface area contributed by atoms with Crippen LogP contribution in [0.4, 0.5) is 8.78 Å². The summed E-state index contributed by atoms with van der Waals surface area (Å²) < 4.78 is 37.8. The second kappa shape index (κ2) is 8.68. The lowest BCUT2D eigenvalue weighted by molar-refractivity contribution is -0.0382. The molecule has 3 rings (SSSR count). The number of carbonyl (C=O) groups is 1. The Labute approximate surface area is 187 Å². The van der Waals surface area contributed by atoms with Crippen LogP contribution in [-0.2, 0) is 10.2 Å². The van der Waals surface area contributed by atoms with Gasteiger partial charge in [0.2, 0.25) is 11.4 Å². The number of nitrogens with one attached hydrogen (secondary N) is 1. The van der Waals surface area contributed by atoms with Crippen molar-refractivity contribution in [3.8, 4) is 17.0 Å². The molecule has 0 aliphatic heterocycles. The predicted molar refractivity (Wildman–Crippen MR) is 120 cm³/mol. The van der Waals surface area contributed by atoms with Crippen molar-refractivity contribution in [2.75, 3.05) is 14.2 Å². The minimum absolute atomic E-state index is 0.0410. The fraction of sp³-hybridized carbons (Fsp3) is 0.520. The topological polar surface area (TPSA) is 68.4 Å². The maximum atomic E-state index is 13.9. The molecule has 1 aromatic carbocycles. The Hall–Kier alpha value is -2.70. The molecule has 1 saturated carbocycles. The molecular formula is C25H31F2NO4. The van der Waals surface area contributed by atoms with Gasteiger partial charge in [0.25, 0.3) is 0 Å². The van der Waals surface area contributed by atoms with E-state index >= 15 is 0 Å². The highest BCUT2D eigenvalue weighted by atomic mass is 19.3. The lowest BCUT2D eigenvalue weighted by atomic mass is 9.76. The van der Waals surface area contributed by atoms with Gasteiger partial charge < -0.3 is 14.5 Å². The van der Waals surface area contributed by atoms with Crippen LogP contribution in [0, 0.1) is 6.92 Å². The molecule has 174 valence electrons. The SMILES string of the molecule is COC(=O)c1c(-c2ccc(C(C)(C)C)cc2C2CCC(F)(F)CC2)[nH]c(C)c(OC)c1=O. The third kappa shape index (κ3) is 4.57. The molecule has 1 aliphatic carbocycles. The van der Waals surface area contributed by atoms with Crippen molar-refractivity contribution in [2.24, 2.45) is 0 Å². The van der Waals surface area contributed by atoms with Crippen LogP contribution in [-0.4, -0.2) is 31.1 Å². The molecule has 7 heteroatoms. The number of pyridine rings is 1. The molecule has 0 saturated heterocycles. The van der Waals surface area contributed by atoms with Crippen LogP contribution < -0.4 is 10.2 Å². The number of alkyl halides is 2. The first-order valence-corrected chi connectivity index (χ1v) is 10.8. The minimum atomic E-state index is -2.65. The lowest BCUT2D eigenvalue weighted by Gasteiger charge is -2.31. The Morgan fingerprint density at radius 2 is 1.78 bits per heavy atom. The largest absolute Gasteiger partial charge is 0.491 e. The summed E-state index contributed by atoms with van der Waals surface area (Å²) >= 11 is 0. The van der Waals surface area contributed by atoms with Crippen LogP contribution in [0.5, 0.6) is 5.75 Å². The van der Waals surface area contributed by atoms with E-state index in [1.54, 1.807) is 6.92 Å². The molecule has 0 radical (unpaired) electrons. The van der Waals surface area contributed by atoms with Crippen LogP contribution >= 0.6 is 0 Å². The van der Waals surface area contributed by atoms with Crippen molar-refractivity contribution in [2.45, 2.75) is 70.6 Å². The molecule has 0 amide bonds. The normalized spacial score (nSPS) is 16.6. The summed E-state index contributed by atoms with van der Waals surface area (Å²) in [6, 6.07) is 5.85. The summed E-state index contributed by atoms with van der Waals surface area (Å²) in [7, 11) is 2.58. The van der Waals surface area contributed by atoms with E-state index in [9.17, 15) is 18.4 Å². The van der Waals surface area contributed by atoms with Gasteiger partial charge in [-0.3, -0.25) is 4.79 Å². The summed E-state index contributed by atoms with van der Waals surface area (Å²) in [4.78, 5) is 28.8. The summed E-state index contributed by atoms with van der Waals surface area (Å²) in [6.45, 7) is 7.94. The molecule has 1 N–H and O–H groups in total. The van der Waals surface area contributed by atoms with E-state index < -0.39 is 17.3 Å². The Morgan fingerprint density at radius 1 is 1.16 bits per heavy atom. The van der Waals surface area contributed by atoms with Crippen LogP contribution in [0.15, 0.2) is 23.0 Å². The first kappa shape index (κ1) is 24.0. The van der Waals surface area contributed by atoms with Gasteiger partial charge in [-0.2, -0.15) is 0 Å². The van der Waals surface area contributed by atoms with Gasteiger partial charge in [-0.25, -0.2) is 13.6 Å². The zero-order valence-corrected chi connectivity index (χ0v) is 19.5. The van der Waals surface area contributed by atoms with E-state index in [1.807, 2.05) is 18.2 Å². The maximum Gasteiger partial charge on any atom is 0.344 e. The molecular weight excluding hydrogens is 416 g/mol. The molecule has 0 spiro atoms. The van der Waals surface area contributed by atoms with E-state index in [4.69, 9.17) is 9.47 Å². The van der Waals surface area contributed by atoms with Gasteiger partial charge in [-0.05, 0) is 42.2 Å². The molecule has 0 bridgehead atoms. The smallest absolute Gasteiger partial charge is 0.344 e. The Bertz CT molecular complexity index is 1070. The molecule has 1 fully saturated rings. The van der Waals surface area contributed by atoms with E-state index in [0.29, 0.717) is 29.8 Å². The van der Waals surface area contributed by atoms with Crippen molar-refractivity contribution >= 4 is 5.97 Å². The quantitative estimate of drug-likeness (QED) is 0.607. The standard InChI is InChI=1S/C25H31F2NO4/c1-14-22(31-5)21(29)19(23(30)32-6)20(28-14)17-8-7-16(24(2,3)4)13-18(17)15-9-11-25(26,27)12-10-15/h7-8,13,15H,9-12H2,1-6H3,(H,28,29). The first-order valence-electron chi connectivity index (χ1n) is 10.8.